The van der Waals surface area contributed by atoms with Crippen LogP contribution in [0.4, 0.5) is 0 Å². The highest BCUT2D eigenvalue weighted by Crippen LogP contribution is 2.33. The van der Waals surface area contributed by atoms with Gasteiger partial charge in [0.05, 0.1) is 13.2 Å². The van der Waals surface area contributed by atoms with Gasteiger partial charge in [0.15, 0.2) is 11.5 Å². The maximum Gasteiger partial charge on any atom is 0.358 e. The van der Waals surface area contributed by atoms with Crippen molar-refractivity contribution in [2.45, 2.75) is 5.92 Å². The molecule has 3 rings (SSSR count). The number of hydrogen-bond donors (Lipinski definition) is 1. The van der Waals surface area contributed by atoms with E-state index < -0.39 is 5.97 Å². The van der Waals surface area contributed by atoms with Gasteiger partial charge >= 0.3 is 5.97 Å². The minimum absolute atomic E-state index is 0.0790. The Morgan fingerprint density at radius 1 is 1.33 bits per heavy atom. The first-order valence-corrected chi connectivity index (χ1v) is 5.63. The van der Waals surface area contributed by atoms with Crippen molar-refractivity contribution in [2.75, 3.05) is 13.2 Å². The lowest BCUT2D eigenvalue weighted by molar-refractivity contribution is 0.00859. The monoisotopic (exact) mass is 245 g/mol. The van der Waals surface area contributed by atoms with Gasteiger partial charge in [-0.2, -0.15) is 0 Å². The van der Waals surface area contributed by atoms with E-state index in [2.05, 4.69) is 5.16 Å². The molecule has 0 aliphatic carbocycles. The van der Waals surface area contributed by atoms with Crippen LogP contribution in [0.3, 0.4) is 0 Å². The van der Waals surface area contributed by atoms with Gasteiger partial charge in [-0.05, 0) is 5.56 Å². The van der Waals surface area contributed by atoms with Gasteiger partial charge in [0.2, 0.25) is 0 Å². The highest BCUT2D eigenvalue weighted by atomic mass is 16.5. The Morgan fingerprint density at radius 2 is 2.11 bits per heavy atom. The molecule has 0 radical (unpaired) electrons. The molecular weight excluding hydrogens is 234 g/mol. The number of nitrogens with zero attached hydrogens (tertiary/aromatic N) is 1. The minimum atomic E-state index is -1.09. The standard InChI is InChI=1S/C13H11NO4/c15-13(16)11-5-12(18-14-11)10-4-2-1-3-9(10)8-6-17-7-8/h1-5,8H,6-7H2,(H,15,16). The predicted molar refractivity (Wildman–Crippen MR) is 62.5 cm³/mol. The molecule has 2 aromatic rings. The first-order chi connectivity index (χ1) is 8.75. The second-order valence-corrected chi connectivity index (χ2v) is 4.20. The van der Waals surface area contributed by atoms with Crippen LogP contribution in [0.1, 0.15) is 22.0 Å². The minimum Gasteiger partial charge on any atom is -0.476 e. The van der Waals surface area contributed by atoms with Crippen molar-refractivity contribution in [2.24, 2.45) is 0 Å². The lowest BCUT2D eigenvalue weighted by Gasteiger charge is -2.27. The van der Waals surface area contributed by atoms with E-state index in [9.17, 15) is 4.79 Å². The summed E-state index contributed by atoms with van der Waals surface area (Å²) in [7, 11) is 0. The molecule has 0 unspecified atom stereocenters. The molecule has 2 heterocycles. The molecule has 1 aliphatic rings. The Bertz CT molecular complexity index is 586. The SMILES string of the molecule is O=C(O)c1cc(-c2ccccc2C2COC2)on1. The van der Waals surface area contributed by atoms with Gasteiger partial charge < -0.3 is 14.4 Å². The number of aromatic nitrogens is 1. The summed E-state index contributed by atoms with van der Waals surface area (Å²) >= 11 is 0. The van der Waals surface area contributed by atoms with Crippen molar-refractivity contribution in [1.82, 2.24) is 5.16 Å². The third-order valence-electron chi connectivity index (χ3n) is 3.03. The molecule has 5 heteroatoms. The number of rotatable bonds is 3. The zero-order chi connectivity index (χ0) is 12.5. The molecule has 1 N–H and O–H groups in total. The van der Waals surface area contributed by atoms with Gasteiger partial charge in [0, 0.05) is 17.5 Å². The van der Waals surface area contributed by atoms with Crippen molar-refractivity contribution >= 4 is 5.97 Å². The maximum absolute atomic E-state index is 10.8. The van der Waals surface area contributed by atoms with Gasteiger partial charge in [-0.15, -0.1) is 0 Å². The largest absolute Gasteiger partial charge is 0.476 e. The Kier molecular flexibility index (Phi) is 2.60. The van der Waals surface area contributed by atoms with E-state index in [1.165, 1.54) is 6.07 Å². The van der Waals surface area contributed by atoms with Crippen LogP contribution in [-0.2, 0) is 4.74 Å². The molecule has 5 nitrogen and oxygen atoms in total. The first-order valence-electron chi connectivity index (χ1n) is 5.63. The van der Waals surface area contributed by atoms with E-state index in [-0.39, 0.29) is 5.69 Å². The zero-order valence-corrected chi connectivity index (χ0v) is 9.50. The van der Waals surface area contributed by atoms with Gasteiger partial charge in [0.25, 0.3) is 0 Å². The number of aromatic carboxylic acids is 1. The van der Waals surface area contributed by atoms with E-state index in [0.29, 0.717) is 24.9 Å². The molecule has 1 saturated heterocycles. The quantitative estimate of drug-likeness (QED) is 0.896. The van der Waals surface area contributed by atoms with Crippen LogP contribution in [0.15, 0.2) is 34.9 Å². The summed E-state index contributed by atoms with van der Waals surface area (Å²) in [6.07, 6.45) is 0. The lowest BCUT2D eigenvalue weighted by atomic mass is 9.92. The number of carboxylic acid groups (broad SMARTS) is 1. The highest BCUT2D eigenvalue weighted by Gasteiger charge is 2.25. The summed E-state index contributed by atoms with van der Waals surface area (Å²) in [5.41, 5.74) is 1.91. The van der Waals surface area contributed by atoms with Crippen molar-refractivity contribution in [3.8, 4) is 11.3 Å². The topological polar surface area (TPSA) is 72.6 Å². The second-order valence-electron chi connectivity index (χ2n) is 4.20. The van der Waals surface area contributed by atoms with Crippen molar-refractivity contribution < 1.29 is 19.2 Å². The fraction of sp³-hybridized carbons (Fsp3) is 0.231. The van der Waals surface area contributed by atoms with Crippen LogP contribution in [0.25, 0.3) is 11.3 Å². The van der Waals surface area contributed by atoms with Crippen molar-refractivity contribution in [3.63, 3.8) is 0 Å². The Labute approximate surface area is 103 Å². The zero-order valence-electron chi connectivity index (χ0n) is 9.50. The van der Waals surface area contributed by atoms with E-state index in [1.807, 2.05) is 24.3 Å². The third kappa shape index (κ3) is 1.78. The molecular formula is C13H11NO4. The second kappa shape index (κ2) is 4.27. The normalized spacial score (nSPS) is 15.3. The maximum atomic E-state index is 10.8. The van der Waals surface area contributed by atoms with E-state index in [4.69, 9.17) is 14.4 Å². The summed E-state index contributed by atoms with van der Waals surface area (Å²) in [5.74, 6) is -0.260. The van der Waals surface area contributed by atoms with Gasteiger partial charge in [0.1, 0.15) is 0 Å². The summed E-state index contributed by atoms with van der Waals surface area (Å²) < 4.78 is 10.3. The molecule has 0 saturated carbocycles. The molecule has 1 aromatic carbocycles. The number of ether oxygens (including phenoxy) is 1. The summed E-state index contributed by atoms with van der Waals surface area (Å²) in [4.78, 5) is 10.8. The number of carbonyl (C=O) groups is 1. The molecule has 92 valence electrons. The van der Waals surface area contributed by atoms with Crippen molar-refractivity contribution in [3.05, 3.63) is 41.6 Å². The van der Waals surface area contributed by atoms with Crippen LogP contribution in [0, 0.1) is 0 Å². The van der Waals surface area contributed by atoms with E-state index >= 15 is 0 Å². The van der Waals surface area contributed by atoms with Crippen LogP contribution in [0.2, 0.25) is 0 Å². The molecule has 0 spiro atoms. The molecule has 0 amide bonds. The van der Waals surface area contributed by atoms with Crippen LogP contribution >= 0.6 is 0 Å². The molecule has 18 heavy (non-hydrogen) atoms. The Hall–Kier alpha value is -2.14. The molecule has 1 aliphatic heterocycles. The lowest BCUT2D eigenvalue weighted by Crippen LogP contribution is -2.25. The van der Waals surface area contributed by atoms with E-state index in [0.717, 1.165) is 11.1 Å². The Morgan fingerprint density at radius 3 is 2.72 bits per heavy atom. The molecule has 1 aromatic heterocycles. The number of hydrogen-bond acceptors (Lipinski definition) is 4. The third-order valence-corrected chi connectivity index (χ3v) is 3.03. The number of benzene rings is 1. The Balaban J connectivity index is 2.02. The van der Waals surface area contributed by atoms with Gasteiger partial charge in [-0.3, -0.25) is 0 Å². The predicted octanol–water partition coefficient (Wildman–Crippen LogP) is 2.15. The van der Waals surface area contributed by atoms with Gasteiger partial charge in [-0.25, -0.2) is 4.79 Å². The summed E-state index contributed by atoms with van der Waals surface area (Å²) in [5, 5.41) is 12.4. The van der Waals surface area contributed by atoms with Gasteiger partial charge in [-0.1, -0.05) is 29.4 Å². The average Bonchev–Trinajstić information content (AvgIpc) is 2.77. The van der Waals surface area contributed by atoms with Crippen LogP contribution in [0.5, 0.6) is 0 Å². The van der Waals surface area contributed by atoms with Crippen LogP contribution < -0.4 is 0 Å². The molecule has 1 fully saturated rings. The summed E-state index contributed by atoms with van der Waals surface area (Å²) in [6, 6.07) is 9.19. The average molecular weight is 245 g/mol. The first kappa shape index (κ1) is 11.0. The highest BCUT2D eigenvalue weighted by molar-refractivity contribution is 5.86. The fourth-order valence-corrected chi connectivity index (χ4v) is 2.00. The molecule has 0 atom stereocenters. The van der Waals surface area contributed by atoms with Crippen molar-refractivity contribution in [1.29, 1.82) is 0 Å². The molecule has 0 bridgehead atoms. The summed E-state index contributed by atoms with van der Waals surface area (Å²) in [6.45, 7) is 1.38. The smallest absolute Gasteiger partial charge is 0.358 e. The van der Waals surface area contributed by atoms with E-state index in [1.54, 1.807) is 0 Å². The number of carboxylic acids is 1. The fourth-order valence-electron chi connectivity index (χ4n) is 2.00. The van der Waals surface area contributed by atoms with Crippen LogP contribution in [-0.4, -0.2) is 29.4 Å².